The van der Waals surface area contributed by atoms with E-state index < -0.39 is 23.6 Å². The van der Waals surface area contributed by atoms with Crippen LogP contribution in [0.4, 0.5) is 8.78 Å². The lowest BCUT2D eigenvalue weighted by molar-refractivity contribution is 0.0601. The molecule has 10 rings (SSSR count). The second-order valence-corrected chi connectivity index (χ2v) is 13.9. The van der Waals surface area contributed by atoms with E-state index in [0.29, 0.717) is 64.5 Å². The fraction of sp³-hybridized carbons (Fsp3) is 0.543. The van der Waals surface area contributed by atoms with E-state index in [9.17, 15) is 23.5 Å². The number of carbonyl (C=O) groups excluding carboxylic acids is 1. The number of rotatable bonds is 8. The Labute approximate surface area is 283 Å². The quantitative estimate of drug-likeness (QED) is 0.239. The van der Waals surface area contributed by atoms with Gasteiger partial charge in [0, 0.05) is 63.1 Å². The van der Waals surface area contributed by atoms with Crippen LogP contribution in [0.3, 0.4) is 0 Å². The van der Waals surface area contributed by atoms with Crippen molar-refractivity contribution < 1.29 is 28.2 Å². The molecule has 6 aliphatic heterocycles. The summed E-state index contributed by atoms with van der Waals surface area (Å²) >= 11 is 0. The number of hydrogen-bond acceptors (Lipinski definition) is 9. The van der Waals surface area contributed by atoms with Crippen LogP contribution in [0, 0.1) is 23.5 Å². The normalized spacial score (nSPS) is 25.8. The number of carbonyl (C=O) groups is 2. The number of halogens is 2. The number of nitrogens with zero attached hydrogens (tertiary/aromatic N) is 6. The first kappa shape index (κ1) is 33.5. The van der Waals surface area contributed by atoms with Gasteiger partial charge in [0.2, 0.25) is 0 Å². The minimum Gasteiger partial charge on any atom is -0.478 e. The molecule has 0 amide bonds. The van der Waals surface area contributed by atoms with E-state index >= 15 is 0 Å². The van der Waals surface area contributed by atoms with Crippen LogP contribution in [0.5, 0.6) is 0 Å². The molecular weight excluding hydrogens is 634 g/mol. The minimum atomic E-state index is -1.13. The van der Waals surface area contributed by atoms with Gasteiger partial charge in [-0.2, -0.15) is 10.2 Å². The van der Waals surface area contributed by atoms with Crippen LogP contribution in [-0.2, 0) is 31.9 Å². The Bertz CT molecular complexity index is 1880. The predicted octanol–water partition coefficient (Wildman–Crippen LogP) is 3.28. The highest BCUT2D eigenvalue weighted by molar-refractivity contribution is 6.05. The standard InChI is InChI=1S/C18H23FN4O2.C17H21FN4O2/c1-22-16-8-12(19)7-13(18(24)25-2)17(16)14(21-22)9-20-15-10-23-5-3-11(15)4-6-23;1-21-15-7-11(18)6-12(17(23)24)16(15)13(20-21)8-19-14-9-22-4-2-10(14)3-5-22/h7-8,11,15,20H,3-6,9-10H2,1-2H3;6-7,10,14,19H,2-5,8-9H2,1H3,(H,23,24)/t15-;14-/m00/s1. The maximum atomic E-state index is 13.9. The molecule has 0 saturated carbocycles. The van der Waals surface area contributed by atoms with Gasteiger partial charge in [-0.3, -0.25) is 9.36 Å². The van der Waals surface area contributed by atoms with Crippen molar-refractivity contribution in [3.8, 4) is 0 Å². The Morgan fingerprint density at radius 3 is 1.59 bits per heavy atom. The first-order valence-corrected chi connectivity index (χ1v) is 17.1. The summed E-state index contributed by atoms with van der Waals surface area (Å²) in [5.41, 5.74) is 2.75. The largest absolute Gasteiger partial charge is 0.478 e. The summed E-state index contributed by atoms with van der Waals surface area (Å²) in [6, 6.07) is 5.91. The monoisotopic (exact) mass is 678 g/mol. The number of piperidine rings is 6. The summed E-state index contributed by atoms with van der Waals surface area (Å²) in [6.07, 6.45) is 4.90. The molecule has 12 nitrogen and oxygen atoms in total. The fourth-order valence-electron chi connectivity index (χ4n) is 8.41. The van der Waals surface area contributed by atoms with Gasteiger partial charge in [-0.05, 0) is 88.0 Å². The van der Waals surface area contributed by atoms with Crippen LogP contribution < -0.4 is 10.6 Å². The lowest BCUT2D eigenvalue weighted by Crippen LogP contribution is -2.55. The van der Waals surface area contributed by atoms with Crippen LogP contribution in [0.1, 0.15) is 57.8 Å². The second kappa shape index (κ2) is 13.7. The zero-order valence-corrected chi connectivity index (χ0v) is 28.2. The Balaban J connectivity index is 0.000000154. The summed E-state index contributed by atoms with van der Waals surface area (Å²) in [5, 5.41) is 26.7. The molecule has 6 fully saturated rings. The zero-order valence-electron chi connectivity index (χ0n) is 28.2. The van der Waals surface area contributed by atoms with E-state index in [4.69, 9.17) is 4.74 Å². The summed E-state index contributed by atoms with van der Waals surface area (Å²) in [7, 11) is 4.78. The number of fused-ring (bicyclic) bond motifs is 8. The molecule has 4 bridgehead atoms. The van der Waals surface area contributed by atoms with Gasteiger partial charge in [0.15, 0.2) is 0 Å². The number of ether oxygens (including phenoxy) is 1. The smallest absolute Gasteiger partial charge is 0.338 e. The summed E-state index contributed by atoms with van der Waals surface area (Å²) in [5.74, 6) is -1.30. The number of aryl methyl sites for hydroxylation is 2. The average Bonchev–Trinajstić information content (AvgIpc) is 3.61. The number of benzene rings is 2. The molecule has 2 aromatic carbocycles. The summed E-state index contributed by atoms with van der Waals surface area (Å²) in [4.78, 5) is 28.6. The number of nitrogens with one attached hydrogen (secondary N) is 2. The van der Waals surface area contributed by atoms with Gasteiger partial charge in [0.05, 0.1) is 40.7 Å². The van der Waals surface area contributed by atoms with Crippen molar-refractivity contribution in [3.63, 3.8) is 0 Å². The number of carboxylic acid groups (broad SMARTS) is 1. The number of methoxy groups -OCH3 is 1. The number of esters is 1. The number of aromatic carboxylic acids is 1. The molecule has 2 atom stereocenters. The van der Waals surface area contributed by atoms with Crippen LogP contribution in [0.2, 0.25) is 0 Å². The van der Waals surface area contributed by atoms with Gasteiger partial charge in [-0.25, -0.2) is 18.4 Å². The highest BCUT2D eigenvalue weighted by Crippen LogP contribution is 2.31. The van der Waals surface area contributed by atoms with Gasteiger partial charge < -0.3 is 30.3 Å². The SMILES string of the molecule is COC(=O)c1cc(F)cc2c1c(CN[C@H]1CN3CCC1CC3)nn2C.Cn1nc(CN[C@H]2CN3CCC2CC3)c2c(C(=O)O)cc(F)cc21. The van der Waals surface area contributed by atoms with Crippen LogP contribution in [-0.4, -0.2) is 105 Å². The molecule has 2 aromatic heterocycles. The second-order valence-electron chi connectivity index (χ2n) is 13.9. The van der Waals surface area contributed by atoms with Gasteiger partial charge >= 0.3 is 11.9 Å². The third-order valence-electron chi connectivity index (χ3n) is 11.0. The van der Waals surface area contributed by atoms with Gasteiger partial charge in [-0.1, -0.05) is 0 Å². The molecule has 3 N–H and O–H groups in total. The number of hydrogen-bond donors (Lipinski definition) is 3. The van der Waals surface area contributed by atoms with E-state index in [0.717, 1.165) is 24.8 Å². The molecule has 4 aromatic rings. The molecule has 6 saturated heterocycles. The first-order chi connectivity index (χ1) is 23.6. The number of carboxylic acids is 1. The first-order valence-electron chi connectivity index (χ1n) is 17.1. The van der Waals surface area contributed by atoms with Crippen molar-refractivity contribution in [3.05, 3.63) is 58.4 Å². The van der Waals surface area contributed by atoms with Gasteiger partial charge in [0.1, 0.15) is 11.6 Å². The lowest BCUT2D eigenvalue weighted by atomic mass is 9.84. The molecule has 8 heterocycles. The molecule has 0 radical (unpaired) electrons. The van der Waals surface area contributed by atoms with Crippen LogP contribution >= 0.6 is 0 Å². The van der Waals surface area contributed by atoms with Crippen molar-refractivity contribution in [2.24, 2.45) is 25.9 Å². The average molecular weight is 679 g/mol. The molecule has 0 aliphatic carbocycles. The zero-order chi connectivity index (χ0) is 34.4. The molecule has 14 heteroatoms. The van der Waals surface area contributed by atoms with E-state index in [2.05, 4.69) is 30.6 Å². The van der Waals surface area contributed by atoms with Crippen molar-refractivity contribution in [2.45, 2.75) is 50.9 Å². The Morgan fingerprint density at radius 1 is 0.776 bits per heavy atom. The van der Waals surface area contributed by atoms with Crippen molar-refractivity contribution in [1.82, 2.24) is 40.0 Å². The van der Waals surface area contributed by atoms with E-state index in [1.807, 2.05) is 0 Å². The van der Waals surface area contributed by atoms with E-state index in [-0.39, 0.29) is 11.1 Å². The molecular formula is C35H44F2N8O4. The maximum Gasteiger partial charge on any atom is 0.338 e. The summed E-state index contributed by atoms with van der Waals surface area (Å²) < 4.78 is 35.6. The highest BCUT2D eigenvalue weighted by atomic mass is 19.1. The number of aromatic nitrogens is 4. The Hall–Kier alpha value is -3.98. The summed E-state index contributed by atoms with van der Waals surface area (Å²) in [6.45, 7) is 7.90. The molecule has 262 valence electrons. The maximum absolute atomic E-state index is 13.9. The predicted molar refractivity (Wildman–Crippen MR) is 179 cm³/mol. The van der Waals surface area contributed by atoms with Crippen molar-refractivity contribution >= 4 is 33.7 Å². The highest BCUT2D eigenvalue weighted by Gasteiger charge is 2.35. The van der Waals surface area contributed by atoms with E-state index in [1.165, 1.54) is 77.2 Å². The van der Waals surface area contributed by atoms with Crippen molar-refractivity contribution in [1.29, 1.82) is 0 Å². The molecule has 0 unspecified atom stereocenters. The molecule has 49 heavy (non-hydrogen) atoms. The van der Waals surface area contributed by atoms with Crippen molar-refractivity contribution in [2.75, 3.05) is 46.4 Å². The van der Waals surface area contributed by atoms with E-state index in [1.54, 1.807) is 23.5 Å². The topological polar surface area (TPSA) is 130 Å². The third-order valence-corrected chi connectivity index (χ3v) is 11.0. The Morgan fingerprint density at radius 2 is 1.20 bits per heavy atom. The molecule has 0 spiro atoms. The minimum absolute atomic E-state index is 0.0242. The lowest BCUT2D eigenvalue weighted by Gasteiger charge is -2.45. The van der Waals surface area contributed by atoms with Gasteiger partial charge in [0.25, 0.3) is 0 Å². The third kappa shape index (κ3) is 6.66. The van der Waals surface area contributed by atoms with Gasteiger partial charge in [-0.15, -0.1) is 0 Å². The fourth-order valence-corrected chi connectivity index (χ4v) is 8.41. The van der Waals surface area contributed by atoms with Crippen LogP contribution in [0.15, 0.2) is 24.3 Å². The van der Waals surface area contributed by atoms with Crippen LogP contribution in [0.25, 0.3) is 21.8 Å². The Kier molecular flexibility index (Phi) is 9.39. The molecule has 6 aliphatic rings.